The quantitative estimate of drug-likeness (QED) is 0.794. The van der Waals surface area contributed by atoms with E-state index in [-0.39, 0.29) is 5.54 Å². The summed E-state index contributed by atoms with van der Waals surface area (Å²) in [7, 11) is 1.72. The van der Waals surface area contributed by atoms with Gasteiger partial charge in [0.05, 0.1) is 25.4 Å². The molecule has 1 aliphatic heterocycles. The van der Waals surface area contributed by atoms with Crippen LogP contribution in [-0.2, 0) is 16.0 Å². The third-order valence-corrected chi connectivity index (χ3v) is 4.53. The summed E-state index contributed by atoms with van der Waals surface area (Å²) in [5.74, 6) is 0. The van der Waals surface area contributed by atoms with Crippen molar-refractivity contribution in [3.63, 3.8) is 0 Å². The lowest BCUT2D eigenvalue weighted by atomic mass is 10.0. The SMILES string of the molecule is COCCNCc1ccc(N2CCOCC2(C)C)cc1Br. The van der Waals surface area contributed by atoms with Crippen LogP contribution in [0.3, 0.4) is 0 Å². The maximum Gasteiger partial charge on any atom is 0.0694 e. The molecule has 0 bridgehead atoms. The monoisotopic (exact) mass is 356 g/mol. The van der Waals surface area contributed by atoms with Gasteiger partial charge in [-0.25, -0.2) is 0 Å². The van der Waals surface area contributed by atoms with E-state index < -0.39 is 0 Å². The summed E-state index contributed by atoms with van der Waals surface area (Å²) in [5.41, 5.74) is 2.55. The number of hydrogen-bond acceptors (Lipinski definition) is 4. The van der Waals surface area contributed by atoms with Crippen molar-refractivity contribution in [2.24, 2.45) is 0 Å². The number of methoxy groups -OCH3 is 1. The molecule has 1 aliphatic rings. The molecule has 0 saturated carbocycles. The van der Waals surface area contributed by atoms with Crippen molar-refractivity contribution in [2.45, 2.75) is 25.9 Å². The second-order valence-corrected chi connectivity index (χ2v) is 6.82. The predicted octanol–water partition coefficient (Wildman–Crippen LogP) is 2.80. The Hall–Kier alpha value is -0.620. The zero-order valence-corrected chi connectivity index (χ0v) is 14.7. The molecular weight excluding hydrogens is 332 g/mol. The molecule has 21 heavy (non-hydrogen) atoms. The number of rotatable bonds is 6. The number of anilines is 1. The standard InChI is InChI=1S/C16H25BrN2O2/c1-16(2)12-21-9-7-19(16)14-5-4-13(15(17)10-14)11-18-6-8-20-3/h4-5,10,18H,6-9,11-12H2,1-3H3. The molecule has 5 heteroatoms. The van der Waals surface area contributed by atoms with Gasteiger partial charge in [0.1, 0.15) is 0 Å². The second kappa shape index (κ2) is 7.58. The van der Waals surface area contributed by atoms with Gasteiger partial charge < -0.3 is 19.7 Å². The Morgan fingerprint density at radius 2 is 2.24 bits per heavy atom. The Bertz CT molecular complexity index is 466. The fourth-order valence-corrected chi connectivity index (χ4v) is 3.09. The maximum atomic E-state index is 5.59. The minimum Gasteiger partial charge on any atom is -0.383 e. The number of ether oxygens (including phenoxy) is 2. The first-order chi connectivity index (χ1) is 10.0. The first-order valence-electron chi connectivity index (χ1n) is 7.38. The van der Waals surface area contributed by atoms with E-state index in [0.29, 0.717) is 0 Å². The van der Waals surface area contributed by atoms with E-state index in [0.717, 1.165) is 43.9 Å². The maximum absolute atomic E-state index is 5.59. The number of morpholine rings is 1. The minimum atomic E-state index is 0.0376. The Morgan fingerprint density at radius 3 is 2.90 bits per heavy atom. The Kier molecular flexibility index (Phi) is 6.05. The Labute approximate surface area is 135 Å². The molecular formula is C16H25BrN2O2. The van der Waals surface area contributed by atoms with E-state index in [1.165, 1.54) is 11.3 Å². The molecule has 2 rings (SSSR count). The highest BCUT2D eigenvalue weighted by atomic mass is 79.9. The van der Waals surface area contributed by atoms with Gasteiger partial charge >= 0.3 is 0 Å². The minimum absolute atomic E-state index is 0.0376. The topological polar surface area (TPSA) is 33.7 Å². The Balaban J connectivity index is 2.04. The van der Waals surface area contributed by atoms with Crippen LogP contribution in [0.1, 0.15) is 19.4 Å². The highest BCUT2D eigenvalue weighted by Gasteiger charge is 2.30. The van der Waals surface area contributed by atoms with Crippen molar-refractivity contribution in [2.75, 3.05) is 44.9 Å². The largest absolute Gasteiger partial charge is 0.383 e. The van der Waals surface area contributed by atoms with E-state index in [2.05, 4.69) is 58.2 Å². The Morgan fingerprint density at radius 1 is 1.43 bits per heavy atom. The summed E-state index contributed by atoms with van der Waals surface area (Å²) in [4.78, 5) is 2.42. The second-order valence-electron chi connectivity index (χ2n) is 5.96. The van der Waals surface area contributed by atoms with Gasteiger partial charge in [-0.1, -0.05) is 22.0 Å². The van der Waals surface area contributed by atoms with E-state index in [4.69, 9.17) is 9.47 Å². The number of nitrogens with one attached hydrogen (secondary N) is 1. The van der Waals surface area contributed by atoms with Gasteiger partial charge in [-0.05, 0) is 31.5 Å². The van der Waals surface area contributed by atoms with E-state index in [1.54, 1.807) is 7.11 Å². The molecule has 1 heterocycles. The van der Waals surface area contributed by atoms with Gasteiger partial charge in [-0.3, -0.25) is 0 Å². The molecule has 1 saturated heterocycles. The molecule has 1 aromatic carbocycles. The van der Waals surface area contributed by atoms with Crippen molar-refractivity contribution in [1.29, 1.82) is 0 Å². The van der Waals surface area contributed by atoms with Crippen LogP contribution < -0.4 is 10.2 Å². The van der Waals surface area contributed by atoms with Crippen LogP contribution in [0.25, 0.3) is 0 Å². The van der Waals surface area contributed by atoms with Crippen LogP contribution in [0.4, 0.5) is 5.69 Å². The summed E-state index contributed by atoms with van der Waals surface area (Å²) < 4.78 is 11.8. The van der Waals surface area contributed by atoms with Gasteiger partial charge in [0.15, 0.2) is 0 Å². The first-order valence-corrected chi connectivity index (χ1v) is 8.17. The molecule has 1 aromatic rings. The molecule has 0 aromatic heterocycles. The highest BCUT2D eigenvalue weighted by molar-refractivity contribution is 9.10. The highest BCUT2D eigenvalue weighted by Crippen LogP contribution is 2.30. The molecule has 0 aliphatic carbocycles. The van der Waals surface area contributed by atoms with Crippen LogP contribution in [0.15, 0.2) is 22.7 Å². The zero-order valence-electron chi connectivity index (χ0n) is 13.1. The van der Waals surface area contributed by atoms with Gasteiger partial charge in [0.2, 0.25) is 0 Å². The van der Waals surface area contributed by atoms with E-state index in [9.17, 15) is 0 Å². The van der Waals surface area contributed by atoms with Crippen LogP contribution in [0.2, 0.25) is 0 Å². The van der Waals surface area contributed by atoms with Crippen LogP contribution >= 0.6 is 15.9 Å². The molecule has 4 nitrogen and oxygen atoms in total. The molecule has 0 radical (unpaired) electrons. The summed E-state index contributed by atoms with van der Waals surface area (Å²) in [5, 5.41) is 3.37. The van der Waals surface area contributed by atoms with E-state index in [1.807, 2.05) is 0 Å². The average Bonchev–Trinajstić information content (AvgIpc) is 2.44. The zero-order chi connectivity index (χ0) is 15.3. The lowest BCUT2D eigenvalue weighted by Gasteiger charge is -2.44. The number of benzene rings is 1. The van der Waals surface area contributed by atoms with Crippen molar-refractivity contribution < 1.29 is 9.47 Å². The molecule has 1 fully saturated rings. The number of halogens is 1. The normalized spacial score (nSPS) is 18.0. The molecule has 1 N–H and O–H groups in total. The van der Waals surface area contributed by atoms with Gasteiger partial charge in [-0.2, -0.15) is 0 Å². The van der Waals surface area contributed by atoms with Crippen molar-refractivity contribution in [3.05, 3.63) is 28.2 Å². The van der Waals surface area contributed by atoms with Crippen LogP contribution in [-0.4, -0.2) is 45.6 Å². The smallest absolute Gasteiger partial charge is 0.0694 e. The molecule has 0 amide bonds. The fourth-order valence-electron chi connectivity index (χ4n) is 2.58. The summed E-state index contributed by atoms with van der Waals surface area (Å²) in [6.45, 7) is 9.38. The first kappa shape index (κ1) is 16.7. The predicted molar refractivity (Wildman–Crippen MR) is 90.0 cm³/mol. The average molecular weight is 357 g/mol. The molecule has 0 unspecified atom stereocenters. The van der Waals surface area contributed by atoms with Gasteiger partial charge in [0, 0.05) is 36.9 Å². The van der Waals surface area contributed by atoms with Crippen molar-refractivity contribution in [3.8, 4) is 0 Å². The van der Waals surface area contributed by atoms with Crippen molar-refractivity contribution in [1.82, 2.24) is 5.32 Å². The number of hydrogen-bond donors (Lipinski definition) is 1. The van der Waals surface area contributed by atoms with Gasteiger partial charge in [0.25, 0.3) is 0 Å². The summed E-state index contributed by atoms with van der Waals surface area (Å²) in [6.07, 6.45) is 0. The van der Waals surface area contributed by atoms with Crippen LogP contribution in [0, 0.1) is 0 Å². The summed E-state index contributed by atoms with van der Waals surface area (Å²) in [6, 6.07) is 6.59. The summed E-state index contributed by atoms with van der Waals surface area (Å²) >= 11 is 3.69. The van der Waals surface area contributed by atoms with Gasteiger partial charge in [-0.15, -0.1) is 0 Å². The van der Waals surface area contributed by atoms with Crippen molar-refractivity contribution >= 4 is 21.6 Å². The fraction of sp³-hybridized carbons (Fsp3) is 0.625. The molecule has 0 spiro atoms. The number of nitrogens with zero attached hydrogens (tertiary/aromatic N) is 1. The molecule has 0 atom stereocenters. The van der Waals surface area contributed by atoms with E-state index >= 15 is 0 Å². The third-order valence-electron chi connectivity index (χ3n) is 3.79. The third kappa shape index (κ3) is 4.42. The van der Waals surface area contributed by atoms with Crippen LogP contribution in [0.5, 0.6) is 0 Å². The lowest BCUT2D eigenvalue weighted by Crippen LogP contribution is -2.53. The molecule has 118 valence electrons. The lowest BCUT2D eigenvalue weighted by molar-refractivity contribution is 0.0644.